The fourth-order valence-corrected chi connectivity index (χ4v) is 12.2. The number of benzene rings is 10. The molecule has 6 aliphatic rings. The number of hydrogen-bond acceptors (Lipinski definition) is 12. The molecule has 0 aromatic heterocycles. The third-order valence-corrected chi connectivity index (χ3v) is 20.4. The average molecular weight is 1350 g/mol. The van der Waals surface area contributed by atoms with Crippen molar-refractivity contribution in [2.45, 2.75) is 157 Å². The first-order valence-electron chi connectivity index (χ1n) is 35.3. The van der Waals surface area contributed by atoms with Crippen molar-refractivity contribution in [2.75, 3.05) is 39.6 Å². The average Bonchev–Trinajstić information content (AvgIpc) is 0.749. The van der Waals surface area contributed by atoms with Gasteiger partial charge in [-0.15, -0.1) is 0 Å². The number of fused-ring (bicyclic) bond motifs is 10. The van der Waals surface area contributed by atoms with Gasteiger partial charge in [-0.3, -0.25) is 0 Å². The van der Waals surface area contributed by atoms with Crippen LogP contribution in [-0.2, 0) is 40.4 Å². The maximum Gasteiger partial charge on any atom is 0.335 e. The van der Waals surface area contributed by atoms with E-state index in [1.807, 2.05) is 105 Å². The van der Waals surface area contributed by atoms with E-state index in [4.69, 9.17) is 57.6 Å². The molecule has 10 aromatic rings. The molecule has 0 aliphatic carbocycles. The van der Waals surface area contributed by atoms with Crippen LogP contribution < -0.4 is 18.9 Å². The van der Waals surface area contributed by atoms with Gasteiger partial charge in [-0.05, 0) is 241 Å². The van der Waals surface area contributed by atoms with Crippen molar-refractivity contribution in [1.82, 2.24) is 0 Å². The van der Waals surface area contributed by atoms with Crippen molar-refractivity contribution in [3.05, 3.63) is 228 Å². The van der Waals surface area contributed by atoms with Crippen molar-refractivity contribution in [2.24, 2.45) is 10.8 Å². The summed E-state index contributed by atoms with van der Waals surface area (Å²) in [5.74, 6) is 2.06. The Labute approximate surface area is 588 Å². The normalized spacial score (nSPS) is 20.6. The number of hydrogen-bond donors (Lipinski definition) is 2. The van der Waals surface area contributed by atoms with E-state index in [0.29, 0.717) is 57.0 Å². The molecule has 0 radical (unpaired) electrons. The standard InChI is InChI=1S/C27H30O4.C22H28O4.C21H20O3.C16H18O3/c1-4-19(3)20-7-11-24(12-8-20)31-25-13-9-21-14-23(10-6-22(21)15-25)27-28-16-26(5-2,17-29-27)18-30-27;1-5-20(3,4)26-19-10-8-16-11-18(9-7-17(16)12-19)22-23-13-21(6-2,14-24-22)15-25-22;1-3-14(2)15-6-9-19(10-7-15)24-20-11-8-16-12-18(21(22)23)5-4-17(16)13-20;1-4-16(2,3)19-14-8-7-11-9-13(15(17)18)6-5-12(11)10-14/h6-15,19H,4-5,16-18H2,1-3H3;7-12H,5-6,13-15H2,1-4H3;4-14H,3H2,1-2H3,(H,22,23);5-10H,4H2,1-3H3,(H,17,18). The Hall–Kier alpha value is -8.86. The maximum absolute atomic E-state index is 11.0. The summed E-state index contributed by atoms with van der Waals surface area (Å²) in [6.07, 6.45) is 6.11. The summed E-state index contributed by atoms with van der Waals surface area (Å²) >= 11 is 0. The molecule has 524 valence electrons. The molecule has 16 rings (SSSR count). The Morgan fingerprint density at radius 3 is 0.940 bits per heavy atom. The van der Waals surface area contributed by atoms with Crippen LogP contribution >= 0.6 is 0 Å². The Bertz CT molecular complexity index is 4450. The number of carboxylic acids is 2. The molecule has 0 saturated carbocycles. The van der Waals surface area contributed by atoms with Gasteiger partial charge in [0.1, 0.15) is 45.7 Å². The largest absolute Gasteiger partial charge is 0.488 e. The molecular formula is C86H96O14. The van der Waals surface area contributed by atoms with Crippen LogP contribution in [0.2, 0.25) is 0 Å². The van der Waals surface area contributed by atoms with Crippen molar-refractivity contribution in [3.8, 4) is 34.5 Å². The predicted molar refractivity (Wildman–Crippen MR) is 395 cm³/mol. The van der Waals surface area contributed by atoms with Crippen molar-refractivity contribution < 1.29 is 67.2 Å². The summed E-state index contributed by atoms with van der Waals surface area (Å²) in [4.78, 5) is 21.9. The third-order valence-electron chi connectivity index (χ3n) is 20.4. The third kappa shape index (κ3) is 16.8. The van der Waals surface area contributed by atoms with E-state index < -0.39 is 23.9 Å². The molecule has 6 heterocycles. The molecule has 14 nitrogen and oxygen atoms in total. The van der Waals surface area contributed by atoms with Gasteiger partial charge in [-0.25, -0.2) is 9.59 Å². The zero-order valence-electron chi connectivity index (χ0n) is 59.9. The molecule has 0 spiro atoms. The van der Waals surface area contributed by atoms with Gasteiger partial charge >= 0.3 is 23.9 Å². The lowest BCUT2D eigenvalue weighted by atomic mass is 9.85. The Balaban J connectivity index is 0.000000136. The van der Waals surface area contributed by atoms with Crippen LogP contribution in [0.15, 0.2) is 194 Å². The second-order valence-electron chi connectivity index (χ2n) is 28.4. The number of rotatable bonds is 20. The molecule has 4 bridgehead atoms. The molecule has 2 N–H and O–H groups in total. The summed E-state index contributed by atoms with van der Waals surface area (Å²) in [6.45, 7) is 29.7. The molecular weight excluding hydrogens is 1260 g/mol. The van der Waals surface area contributed by atoms with E-state index in [-0.39, 0.29) is 27.6 Å². The number of carbonyl (C=O) groups is 2. The molecule has 100 heavy (non-hydrogen) atoms. The fourth-order valence-electron chi connectivity index (χ4n) is 12.2. The van der Waals surface area contributed by atoms with Gasteiger partial charge in [0.2, 0.25) is 0 Å². The van der Waals surface area contributed by atoms with Gasteiger partial charge < -0.3 is 57.6 Å². The van der Waals surface area contributed by atoms with Gasteiger partial charge in [0.15, 0.2) is 0 Å². The van der Waals surface area contributed by atoms with Crippen LogP contribution in [0, 0.1) is 10.8 Å². The molecule has 2 unspecified atom stereocenters. The minimum absolute atomic E-state index is 0.00236. The highest BCUT2D eigenvalue weighted by Crippen LogP contribution is 2.48. The first-order chi connectivity index (χ1) is 47.9. The SMILES string of the molecule is CCC(C)(C)Oc1ccc2cc(C(=O)O)ccc2c1.CCC(C)c1ccc(Oc2ccc3cc(C(=O)O)ccc3c2)cc1.CCC(C)c1ccc(Oc2ccc3cc(C45OCC(CC)(CO4)CO5)ccc3c2)cc1.CCC12COC(c3ccc4cc(OC(C)(C)CC)ccc4c3)(OC1)OC2. The minimum Gasteiger partial charge on any atom is -0.488 e. The highest BCUT2D eigenvalue weighted by molar-refractivity contribution is 5.96. The first-order valence-corrected chi connectivity index (χ1v) is 35.3. The Morgan fingerprint density at radius 1 is 0.370 bits per heavy atom. The maximum atomic E-state index is 11.0. The van der Waals surface area contributed by atoms with Gasteiger partial charge in [0.05, 0.1) is 50.8 Å². The van der Waals surface area contributed by atoms with Gasteiger partial charge in [0.25, 0.3) is 0 Å². The zero-order valence-corrected chi connectivity index (χ0v) is 59.9. The van der Waals surface area contributed by atoms with Gasteiger partial charge in [0, 0.05) is 22.0 Å². The number of ether oxygens (including phenoxy) is 10. The molecule has 6 saturated heterocycles. The number of carboxylic acid groups (broad SMARTS) is 2. The summed E-state index contributed by atoms with van der Waals surface area (Å²) < 4.78 is 60.3. The topological polar surface area (TPSA) is 167 Å². The van der Waals surface area contributed by atoms with Crippen LogP contribution in [-0.4, -0.2) is 73.0 Å². The highest BCUT2D eigenvalue weighted by Gasteiger charge is 2.54. The molecule has 10 aromatic carbocycles. The smallest absolute Gasteiger partial charge is 0.335 e. The van der Waals surface area contributed by atoms with E-state index in [2.05, 4.69) is 142 Å². The number of aromatic carboxylic acids is 2. The van der Waals surface area contributed by atoms with Gasteiger partial charge in [-0.2, -0.15) is 0 Å². The first kappa shape index (κ1) is 72.4. The molecule has 2 atom stereocenters. The predicted octanol–water partition coefficient (Wildman–Crippen LogP) is 21.7. The van der Waals surface area contributed by atoms with Crippen LogP contribution in [0.4, 0.5) is 0 Å². The van der Waals surface area contributed by atoms with Crippen LogP contribution in [0.5, 0.6) is 34.5 Å². The van der Waals surface area contributed by atoms with E-state index >= 15 is 0 Å². The molecule has 0 amide bonds. The second-order valence-corrected chi connectivity index (χ2v) is 28.4. The fraction of sp³-hybridized carbons (Fsp3) is 0.372. The summed E-state index contributed by atoms with van der Waals surface area (Å²) in [6, 6.07) is 62.8. The van der Waals surface area contributed by atoms with Crippen molar-refractivity contribution in [3.63, 3.8) is 0 Å². The lowest BCUT2D eigenvalue weighted by Crippen LogP contribution is -2.58. The van der Waals surface area contributed by atoms with Crippen LogP contribution in [0.1, 0.15) is 176 Å². The van der Waals surface area contributed by atoms with E-state index in [1.54, 1.807) is 30.3 Å². The van der Waals surface area contributed by atoms with E-state index in [9.17, 15) is 9.59 Å². The Kier molecular flexibility index (Phi) is 22.1. The van der Waals surface area contributed by atoms with E-state index in [0.717, 1.165) is 127 Å². The monoisotopic (exact) mass is 1350 g/mol. The summed E-state index contributed by atoms with van der Waals surface area (Å²) in [5, 5.41) is 26.2. The summed E-state index contributed by atoms with van der Waals surface area (Å²) in [7, 11) is 0. The van der Waals surface area contributed by atoms with E-state index in [1.165, 1.54) is 11.1 Å². The molecule has 14 heteroatoms. The minimum atomic E-state index is -1.07. The second kappa shape index (κ2) is 30.5. The van der Waals surface area contributed by atoms with Crippen LogP contribution in [0.25, 0.3) is 43.1 Å². The lowest BCUT2D eigenvalue weighted by Gasteiger charge is -2.51. The summed E-state index contributed by atoms with van der Waals surface area (Å²) in [5.41, 5.74) is 4.70. The van der Waals surface area contributed by atoms with Crippen molar-refractivity contribution >= 4 is 55.0 Å². The quantitative estimate of drug-likeness (QED) is 0.0740. The van der Waals surface area contributed by atoms with Gasteiger partial charge in [-0.1, -0.05) is 140 Å². The van der Waals surface area contributed by atoms with Crippen LogP contribution in [0.3, 0.4) is 0 Å². The molecule has 6 fully saturated rings. The van der Waals surface area contributed by atoms with Crippen molar-refractivity contribution in [1.29, 1.82) is 0 Å². The zero-order chi connectivity index (χ0) is 71.0. The Morgan fingerprint density at radius 2 is 0.640 bits per heavy atom. The molecule has 6 aliphatic heterocycles. The lowest BCUT2D eigenvalue weighted by molar-refractivity contribution is -0.480. The highest BCUT2D eigenvalue weighted by atomic mass is 16.9.